The number of hydrogen-bond donors (Lipinski definition) is 0. The second-order valence-corrected chi connectivity index (χ2v) is 16.8. The van der Waals surface area contributed by atoms with Crippen molar-refractivity contribution in [3.63, 3.8) is 0 Å². The summed E-state index contributed by atoms with van der Waals surface area (Å²) in [4.78, 5) is 2.57. The minimum Gasteiger partial charge on any atom is -0.310 e. The van der Waals surface area contributed by atoms with Crippen molar-refractivity contribution in [2.24, 2.45) is 11.8 Å². The van der Waals surface area contributed by atoms with E-state index in [0.717, 1.165) is 17.8 Å². The van der Waals surface area contributed by atoms with Gasteiger partial charge >= 0.3 is 0 Å². The third kappa shape index (κ3) is 5.26. The summed E-state index contributed by atoms with van der Waals surface area (Å²) in [7, 11) is 0. The van der Waals surface area contributed by atoms with Crippen LogP contribution in [0.3, 0.4) is 0 Å². The molecule has 4 aliphatic carbocycles. The zero-order chi connectivity index (χ0) is 34.1. The van der Waals surface area contributed by atoms with Crippen molar-refractivity contribution in [2.45, 2.75) is 88.9 Å². The van der Waals surface area contributed by atoms with Gasteiger partial charge in [0, 0.05) is 22.4 Å². The molecule has 0 amide bonds. The first-order valence-corrected chi connectivity index (χ1v) is 19.8. The first-order chi connectivity index (χ1) is 25.0. The molecule has 3 unspecified atom stereocenters. The van der Waals surface area contributed by atoms with Crippen molar-refractivity contribution >= 4 is 27.8 Å². The highest BCUT2D eigenvalue weighted by molar-refractivity contribution is 5.96. The molecule has 1 heteroatoms. The highest BCUT2D eigenvalue weighted by Crippen LogP contribution is 2.55. The van der Waals surface area contributed by atoms with Crippen LogP contribution in [0.1, 0.15) is 106 Å². The molecule has 1 nitrogen and oxygen atoms in total. The summed E-state index contributed by atoms with van der Waals surface area (Å²) in [5.41, 5.74) is 14.7. The predicted molar refractivity (Wildman–Crippen MR) is 216 cm³/mol. The molecule has 0 heterocycles. The van der Waals surface area contributed by atoms with Gasteiger partial charge in [-0.15, -0.1) is 0 Å². The third-order valence-electron chi connectivity index (χ3n) is 13.5. The Morgan fingerprint density at radius 1 is 0.529 bits per heavy atom. The average molecular weight is 664 g/mol. The van der Waals surface area contributed by atoms with Crippen LogP contribution >= 0.6 is 0 Å². The lowest BCUT2D eigenvalue weighted by Crippen LogP contribution is -2.17. The van der Waals surface area contributed by atoms with Crippen LogP contribution in [0.15, 0.2) is 127 Å². The van der Waals surface area contributed by atoms with E-state index < -0.39 is 0 Å². The monoisotopic (exact) mass is 663 g/mol. The van der Waals surface area contributed by atoms with Crippen LogP contribution in [-0.4, -0.2) is 0 Å². The van der Waals surface area contributed by atoms with Gasteiger partial charge in [-0.05, 0) is 142 Å². The summed E-state index contributed by atoms with van der Waals surface area (Å²) in [6.45, 7) is 4.81. The van der Waals surface area contributed by atoms with E-state index in [1.165, 1.54) is 130 Å². The number of anilines is 3. The standard InChI is InChI=1S/C50H49N/c1-50(2)47-16-10-9-15-43(47)46-31-45(36-13-7-4-8-14-36)49(32-48(46)50)51(41-24-22-37(23-25-41)44-28-33-17-18-39(44)27-33)42-26-21-35-19-20-38(29-40(35)30-42)34-11-5-3-6-12-34/h4,7-10,13-16,19-26,29-34,39,44H,3,5-6,11-12,17-18,27-28H2,1-2H3. The molecule has 0 aromatic heterocycles. The van der Waals surface area contributed by atoms with E-state index in [-0.39, 0.29) is 5.41 Å². The lowest BCUT2D eigenvalue weighted by molar-refractivity contribution is 0.420. The SMILES string of the molecule is CC1(C)c2ccccc2-c2cc(-c3ccccc3)c(N(c3ccc(C4CC5CCC4C5)cc3)c3ccc4ccc(C5CCCCC5)cc4c3)cc21. The molecule has 6 aromatic rings. The molecule has 4 aliphatic rings. The highest BCUT2D eigenvalue weighted by atomic mass is 15.1. The van der Waals surface area contributed by atoms with E-state index in [2.05, 4.69) is 146 Å². The minimum absolute atomic E-state index is 0.0918. The second kappa shape index (κ2) is 12.3. The molecule has 0 spiro atoms. The zero-order valence-corrected chi connectivity index (χ0v) is 30.2. The van der Waals surface area contributed by atoms with E-state index in [0.29, 0.717) is 5.92 Å². The van der Waals surface area contributed by atoms with Gasteiger partial charge < -0.3 is 4.90 Å². The molecule has 254 valence electrons. The van der Waals surface area contributed by atoms with Gasteiger partial charge in [-0.1, -0.05) is 131 Å². The smallest absolute Gasteiger partial charge is 0.0543 e. The Morgan fingerprint density at radius 3 is 2.06 bits per heavy atom. The number of fused-ring (bicyclic) bond motifs is 6. The normalized spacial score (nSPS) is 21.9. The quantitative estimate of drug-likeness (QED) is 0.171. The molecular formula is C50H49N. The Labute approximate surface area is 304 Å². The molecule has 51 heavy (non-hydrogen) atoms. The fourth-order valence-electron chi connectivity index (χ4n) is 10.8. The van der Waals surface area contributed by atoms with Crippen LogP contribution in [-0.2, 0) is 5.41 Å². The fourth-order valence-corrected chi connectivity index (χ4v) is 10.8. The molecule has 3 saturated carbocycles. The molecule has 0 N–H and O–H groups in total. The Morgan fingerprint density at radius 2 is 1.27 bits per heavy atom. The maximum atomic E-state index is 2.57. The van der Waals surface area contributed by atoms with Crippen molar-refractivity contribution in [3.8, 4) is 22.3 Å². The van der Waals surface area contributed by atoms with E-state index in [1.54, 1.807) is 0 Å². The van der Waals surface area contributed by atoms with Crippen molar-refractivity contribution in [1.82, 2.24) is 0 Å². The lowest BCUT2D eigenvalue weighted by Gasteiger charge is -2.31. The maximum absolute atomic E-state index is 2.57. The lowest BCUT2D eigenvalue weighted by atomic mass is 9.81. The van der Waals surface area contributed by atoms with E-state index >= 15 is 0 Å². The predicted octanol–water partition coefficient (Wildman–Crippen LogP) is 14.2. The Bertz CT molecular complexity index is 2240. The van der Waals surface area contributed by atoms with E-state index in [9.17, 15) is 0 Å². The first kappa shape index (κ1) is 31.1. The van der Waals surface area contributed by atoms with Crippen molar-refractivity contribution in [3.05, 3.63) is 150 Å². The zero-order valence-electron chi connectivity index (χ0n) is 30.2. The number of nitrogens with zero attached hydrogens (tertiary/aromatic N) is 1. The summed E-state index contributed by atoms with van der Waals surface area (Å²) in [5, 5.41) is 2.66. The molecule has 0 aliphatic heterocycles. The Kier molecular flexibility index (Phi) is 7.49. The summed E-state index contributed by atoms with van der Waals surface area (Å²) in [6, 6.07) is 49.3. The summed E-state index contributed by atoms with van der Waals surface area (Å²) < 4.78 is 0. The minimum atomic E-state index is -0.0918. The first-order valence-electron chi connectivity index (χ1n) is 19.8. The molecule has 2 bridgehead atoms. The van der Waals surface area contributed by atoms with Gasteiger partial charge in [-0.25, -0.2) is 0 Å². The molecule has 0 saturated heterocycles. The van der Waals surface area contributed by atoms with Gasteiger partial charge in [0.05, 0.1) is 5.69 Å². The van der Waals surface area contributed by atoms with Gasteiger partial charge in [0.15, 0.2) is 0 Å². The van der Waals surface area contributed by atoms with Crippen LogP contribution in [0.5, 0.6) is 0 Å². The fraction of sp³-hybridized carbons (Fsp3) is 0.320. The average Bonchev–Trinajstić information content (AvgIpc) is 3.88. The molecule has 0 radical (unpaired) electrons. The highest BCUT2D eigenvalue weighted by Gasteiger charge is 2.40. The van der Waals surface area contributed by atoms with Crippen LogP contribution in [0.25, 0.3) is 33.0 Å². The van der Waals surface area contributed by atoms with Crippen molar-refractivity contribution in [1.29, 1.82) is 0 Å². The number of hydrogen-bond acceptors (Lipinski definition) is 1. The second-order valence-electron chi connectivity index (χ2n) is 16.8. The van der Waals surface area contributed by atoms with Gasteiger partial charge in [-0.2, -0.15) is 0 Å². The summed E-state index contributed by atoms with van der Waals surface area (Å²) >= 11 is 0. The van der Waals surface area contributed by atoms with Gasteiger partial charge in [0.25, 0.3) is 0 Å². The van der Waals surface area contributed by atoms with E-state index in [1.807, 2.05) is 0 Å². The number of benzene rings is 6. The van der Waals surface area contributed by atoms with Crippen molar-refractivity contribution < 1.29 is 0 Å². The largest absolute Gasteiger partial charge is 0.310 e. The van der Waals surface area contributed by atoms with Crippen LogP contribution in [0, 0.1) is 11.8 Å². The van der Waals surface area contributed by atoms with Gasteiger partial charge in [0.2, 0.25) is 0 Å². The maximum Gasteiger partial charge on any atom is 0.0543 e. The van der Waals surface area contributed by atoms with Crippen LogP contribution in [0.2, 0.25) is 0 Å². The Balaban J connectivity index is 1.17. The van der Waals surface area contributed by atoms with Crippen LogP contribution in [0.4, 0.5) is 17.1 Å². The molecule has 10 rings (SSSR count). The number of rotatable bonds is 6. The third-order valence-corrected chi connectivity index (χ3v) is 13.5. The van der Waals surface area contributed by atoms with Gasteiger partial charge in [0.1, 0.15) is 0 Å². The van der Waals surface area contributed by atoms with Crippen LogP contribution < -0.4 is 4.90 Å². The molecular weight excluding hydrogens is 615 g/mol. The van der Waals surface area contributed by atoms with Gasteiger partial charge in [-0.3, -0.25) is 0 Å². The van der Waals surface area contributed by atoms with E-state index in [4.69, 9.17) is 0 Å². The molecule has 6 aromatic carbocycles. The molecule has 3 fully saturated rings. The van der Waals surface area contributed by atoms with Crippen molar-refractivity contribution in [2.75, 3.05) is 4.90 Å². The Hall–Kier alpha value is -4.62. The summed E-state index contributed by atoms with van der Waals surface area (Å²) in [5.74, 6) is 3.23. The topological polar surface area (TPSA) is 3.24 Å². The summed E-state index contributed by atoms with van der Waals surface area (Å²) in [6.07, 6.45) is 12.4. The molecule has 3 atom stereocenters.